The fourth-order valence-electron chi connectivity index (χ4n) is 1.73. The van der Waals surface area contributed by atoms with Crippen molar-refractivity contribution >= 4 is 29.4 Å². The molecule has 0 radical (unpaired) electrons. The van der Waals surface area contributed by atoms with Crippen LogP contribution in [0.4, 0.5) is 0 Å². The molecule has 112 valence electrons. The molecule has 0 bridgehead atoms. The average molecular weight is 347 g/mol. The number of carboxylic acids is 2. The molecule has 0 amide bonds. The third kappa shape index (κ3) is 7.02. The quantitative estimate of drug-likeness (QED) is 0.345. The van der Waals surface area contributed by atoms with Crippen LogP contribution in [0.1, 0.15) is 19.8 Å². The smallest absolute Gasteiger partial charge is 0.550 e. The SMILES string of the molecule is C[C@@H](O)[C@@H](C(=O)[O-])[C@H]1N=C(C(=O)[O-])/C(=C/CCCO)S1.[Na+].[Na+]. The van der Waals surface area contributed by atoms with Gasteiger partial charge in [0.25, 0.3) is 0 Å². The molecule has 0 aromatic rings. The minimum atomic E-state index is -1.50. The third-order valence-corrected chi connectivity index (χ3v) is 3.98. The van der Waals surface area contributed by atoms with Crippen molar-refractivity contribution in [2.45, 2.75) is 31.2 Å². The summed E-state index contributed by atoms with van der Waals surface area (Å²) in [7, 11) is 0. The van der Waals surface area contributed by atoms with Crippen molar-refractivity contribution in [3.05, 3.63) is 11.0 Å². The van der Waals surface area contributed by atoms with E-state index in [0.29, 0.717) is 12.8 Å². The van der Waals surface area contributed by atoms with Gasteiger partial charge in [0, 0.05) is 11.5 Å². The second kappa shape index (κ2) is 12.0. The molecular weight excluding hydrogens is 332 g/mol. The molecule has 0 saturated carbocycles. The number of rotatable bonds is 7. The van der Waals surface area contributed by atoms with Crippen molar-refractivity contribution < 1.29 is 89.1 Å². The molecule has 1 aliphatic heterocycles. The monoisotopic (exact) mass is 347 g/mol. The number of nitrogens with zero attached hydrogens (tertiary/aromatic N) is 1. The fourth-order valence-corrected chi connectivity index (χ4v) is 3.10. The summed E-state index contributed by atoms with van der Waals surface area (Å²) in [5.41, 5.74) is -0.329. The Morgan fingerprint density at radius 2 is 2.00 bits per heavy atom. The third-order valence-electron chi connectivity index (χ3n) is 2.72. The number of carbonyl (C=O) groups excluding carboxylic acids is 2. The summed E-state index contributed by atoms with van der Waals surface area (Å²) in [5, 5.41) is 39.2. The first-order valence-electron chi connectivity index (χ1n) is 6.04. The van der Waals surface area contributed by atoms with Crippen LogP contribution >= 0.6 is 11.8 Å². The number of aliphatic hydroxyl groups is 2. The average Bonchev–Trinajstić information content (AvgIpc) is 2.72. The normalized spacial score (nSPS) is 21.3. The van der Waals surface area contributed by atoms with Gasteiger partial charge in [-0.25, -0.2) is 0 Å². The number of carbonyl (C=O) groups is 2. The molecule has 0 spiro atoms. The Balaban J connectivity index is 0. The number of carboxylic acid groups (broad SMARTS) is 2. The summed E-state index contributed by atoms with van der Waals surface area (Å²) >= 11 is 0.936. The largest absolute Gasteiger partial charge is 1.00 e. The van der Waals surface area contributed by atoms with Gasteiger partial charge in [-0.2, -0.15) is 0 Å². The molecule has 0 saturated heterocycles. The van der Waals surface area contributed by atoms with Gasteiger partial charge in [-0.3, -0.25) is 4.99 Å². The van der Waals surface area contributed by atoms with E-state index in [-0.39, 0.29) is 76.3 Å². The molecule has 3 atom stereocenters. The van der Waals surface area contributed by atoms with Crippen molar-refractivity contribution in [2.24, 2.45) is 10.9 Å². The van der Waals surface area contributed by atoms with Crippen LogP contribution in [0.5, 0.6) is 0 Å². The Kier molecular flexibility index (Phi) is 13.6. The van der Waals surface area contributed by atoms with Crippen molar-refractivity contribution in [3.63, 3.8) is 0 Å². The van der Waals surface area contributed by atoms with E-state index in [0.717, 1.165) is 11.8 Å². The predicted octanol–water partition coefficient (Wildman–Crippen LogP) is -8.34. The summed E-state index contributed by atoms with van der Waals surface area (Å²) in [4.78, 5) is 26.1. The van der Waals surface area contributed by atoms with Crippen LogP contribution in [-0.4, -0.2) is 45.9 Å². The Morgan fingerprint density at radius 3 is 2.41 bits per heavy atom. The van der Waals surface area contributed by atoms with Crippen molar-refractivity contribution in [1.29, 1.82) is 0 Å². The van der Waals surface area contributed by atoms with Gasteiger partial charge in [-0.1, -0.05) is 17.8 Å². The number of thioether (sulfide) groups is 1. The molecule has 1 aliphatic rings. The number of hydrogen-bond donors (Lipinski definition) is 2. The van der Waals surface area contributed by atoms with Gasteiger partial charge in [0.1, 0.15) is 5.37 Å². The zero-order valence-corrected chi connectivity index (χ0v) is 17.6. The fraction of sp³-hybridized carbons (Fsp3) is 0.583. The zero-order valence-electron chi connectivity index (χ0n) is 12.8. The second-order valence-corrected chi connectivity index (χ2v) is 5.45. The second-order valence-electron chi connectivity index (χ2n) is 4.29. The first-order chi connectivity index (χ1) is 9.38. The van der Waals surface area contributed by atoms with Crippen LogP contribution in [0.2, 0.25) is 0 Å². The van der Waals surface area contributed by atoms with Crippen LogP contribution in [0, 0.1) is 5.92 Å². The van der Waals surface area contributed by atoms with Crippen LogP contribution in [0.15, 0.2) is 16.0 Å². The topological polar surface area (TPSA) is 133 Å². The Labute approximate surface area is 176 Å². The maximum absolute atomic E-state index is 11.0. The van der Waals surface area contributed by atoms with Gasteiger partial charge in [-0.05, 0) is 19.8 Å². The molecule has 7 nitrogen and oxygen atoms in total. The molecule has 0 unspecified atom stereocenters. The van der Waals surface area contributed by atoms with E-state index in [2.05, 4.69) is 4.99 Å². The molecular formula is C12H15NNa2O6S. The predicted molar refractivity (Wildman–Crippen MR) is 68.4 cm³/mol. The van der Waals surface area contributed by atoms with E-state index in [1.807, 2.05) is 0 Å². The Bertz CT molecular complexity index is 455. The Morgan fingerprint density at radius 1 is 1.41 bits per heavy atom. The van der Waals surface area contributed by atoms with Gasteiger partial charge < -0.3 is 30.0 Å². The number of unbranched alkanes of at least 4 members (excludes halogenated alkanes) is 1. The van der Waals surface area contributed by atoms with Gasteiger partial charge in [0.05, 0.1) is 29.7 Å². The molecule has 1 heterocycles. The first-order valence-corrected chi connectivity index (χ1v) is 6.92. The number of aliphatic hydroxyl groups excluding tert-OH is 2. The van der Waals surface area contributed by atoms with E-state index >= 15 is 0 Å². The summed E-state index contributed by atoms with van der Waals surface area (Å²) in [6.07, 6.45) is 1.22. The molecule has 0 aromatic carbocycles. The van der Waals surface area contributed by atoms with Crippen LogP contribution in [-0.2, 0) is 9.59 Å². The first kappa shape index (κ1) is 24.9. The van der Waals surface area contributed by atoms with Crippen LogP contribution < -0.4 is 69.3 Å². The number of aliphatic carboxylic acids is 2. The van der Waals surface area contributed by atoms with E-state index in [1.54, 1.807) is 6.08 Å². The number of hydrogen-bond acceptors (Lipinski definition) is 8. The van der Waals surface area contributed by atoms with Crippen LogP contribution in [0.3, 0.4) is 0 Å². The molecule has 0 fully saturated rings. The van der Waals surface area contributed by atoms with Crippen molar-refractivity contribution in [1.82, 2.24) is 0 Å². The Hall–Kier alpha value is 0.620. The summed E-state index contributed by atoms with van der Waals surface area (Å²) < 4.78 is 0. The van der Waals surface area contributed by atoms with Crippen LogP contribution in [0.25, 0.3) is 0 Å². The van der Waals surface area contributed by atoms with Gasteiger partial charge >= 0.3 is 59.1 Å². The number of allylic oxidation sites excluding steroid dienone is 1. The van der Waals surface area contributed by atoms with E-state index < -0.39 is 29.3 Å². The summed E-state index contributed by atoms with van der Waals surface area (Å²) in [5.74, 6) is -4.30. The van der Waals surface area contributed by atoms with E-state index in [4.69, 9.17) is 5.11 Å². The van der Waals surface area contributed by atoms with Gasteiger partial charge in [-0.15, -0.1) is 0 Å². The standard InChI is InChI=1S/C12H17NO6S.2Na/c1-6(15)8(11(16)17)10-13-9(12(18)19)7(20-10)4-2-3-5-14;;/h4,6,8,10,14-15H,2-3,5H2,1H3,(H,16,17)(H,18,19);;/q;2*+1/p-2/b7-4-;;/t6-,8-,10+;;/m1../s1. The maximum Gasteiger partial charge on any atom is 1.00 e. The van der Waals surface area contributed by atoms with Crippen molar-refractivity contribution in [3.8, 4) is 0 Å². The molecule has 10 heteroatoms. The summed E-state index contributed by atoms with van der Waals surface area (Å²) in [6.45, 7) is 1.24. The number of aliphatic imine (C=N–C) groups is 1. The minimum absolute atomic E-state index is 0. The molecule has 0 aliphatic carbocycles. The van der Waals surface area contributed by atoms with E-state index in [9.17, 15) is 24.9 Å². The zero-order chi connectivity index (χ0) is 15.3. The molecule has 22 heavy (non-hydrogen) atoms. The van der Waals surface area contributed by atoms with E-state index in [1.165, 1.54) is 6.92 Å². The molecule has 1 rings (SSSR count). The molecule has 2 N–H and O–H groups in total. The summed E-state index contributed by atoms with van der Waals surface area (Å²) in [6, 6.07) is 0. The molecule has 0 aromatic heterocycles. The minimum Gasteiger partial charge on any atom is -0.550 e. The van der Waals surface area contributed by atoms with Gasteiger partial charge in [0.2, 0.25) is 0 Å². The van der Waals surface area contributed by atoms with Crippen molar-refractivity contribution in [2.75, 3.05) is 6.61 Å². The maximum atomic E-state index is 11.0. The van der Waals surface area contributed by atoms with Gasteiger partial charge in [0.15, 0.2) is 0 Å².